The van der Waals surface area contributed by atoms with Crippen LogP contribution in [-0.2, 0) is 9.53 Å². The van der Waals surface area contributed by atoms with E-state index in [1.807, 2.05) is 6.08 Å². The van der Waals surface area contributed by atoms with Gasteiger partial charge >= 0.3 is 5.97 Å². The number of hydrogen-bond acceptors (Lipinski definition) is 3. The maximum absolute atomic E-state index is 11.6. The number of carbonyl (C=O) groups excluding carboxylic acids is 1. The Morgan fingerprint density at radius 3 is 2.56 bits per heavy atom. The van der Waals surface area contributed by atoms with Crippen molar-refractivity contribution in [1.29, 1.82) is 0 Å². The van der Waals surface area contributed by atoms with Crippen molar-refractivity contribution in [1.82, 2.24) is 4.90 Å². The normalized spacial score (nSPS) is 14.9. The maximum atomic E-state index is 11.6. The van der Waals surface area contributed by atoms with Gasteiger partial charge in [0.15, 0.2) is 0 Å². The molecule has 1 aliphatic carbocycles. The summed E-state index contributed by atoms with van der Waals surface area (Å²) < 4.78 is 5.30. The molecule has 0 amide bonds. The number of rotatable bonds is 9. The minimum atomic E-state index is -0.0926. The largest absolute Gasteiger partial charge is 0.462 e. The fourth-order valence-corrected chi connectivity index (χ4v) is 2.37. The average molecular weight is 253 g/mol. The highest BCUT2D eigenvalue weighted by Crippen LogP contribution is 2.18. The molecule has 1 rings (SSSR count). The van der Waals surface area contributed by atoms with Crippen LogP contribution in [0.1, 0.15) is 52.4 Å². The number of ether oxygens (including phenoxy) is 1. The Morgan fingerprint density at radius 1 is 1.28 bits per heavy atom. The average Bonchev–Trinajstić information content (AvgIpc) is 2.88. The van der Waals surface area contributed by atoms with Gasteiger partial charge < -0.3 is 9.64 Å². The fourth-order valence-electron chi connectivity index (χ4n) is 2.37. The van der Waals surface area contributed by atoms with Gasteiger partial charge in [-0.3, -0.25) is 0 Å². The van der Waals surface area contributed by atoms with Crippen LogP contribution in [-0.4, -0.2) is 37.1 Å². The molecule has 0 aromatic rings. The zero-order valence-corrected chi connectivity index (χ0v) is 11.9. The molecule has 18 heavy (non-hydrogen) atoms. The molecule has 0 aromatic carbocycles. The molecule has 0 saturated heterocycles. The minimum Gasteiger partial charge on any atom is -0.462 e. The highest BCUT2D eigenvalue weighted by molar-refractivity contribution is 5.88. The predicted molar refractivity (Wildman–Crippen MR) is 74.5 cm³/mol. The molecule has 0 bridgehead atoms. The predicted octanol–water partition coefficient (Wildman–Crippen LogP) is 3.15. The van der Waals surface area contributed by atoms with Gasteiger partial charge in [-0.05, 0) is 51.6 Å². The van der Waals surface area contributed by atoms with Gasteiger partial charge in [0.25, 0.3) is 0 Å². The molecule has 0 unspecified atom stereocenters. The second kappa shape index (κ2) is 9.15. The van der Waals surface area contributed by atoms with Crippen LogP contribution in [0, 0.1) is 0 Å². The minimum absolute atomic E-state index is 0.0926. The van der Waals surface area contributed by atoms with Gasteiger partial charge in [-0.1, -0.05) is 19.9 Å². The molecule has 0 fully saturated rings. The summed E-state index contributed by atoms with van der Waals surface area (Å²) in [5, 5.41) is 0. The van der Waals surface area contributed by atoms with Crippen molar-refractivity contribution in [2.75, 3.05) is 26.2 Å². The van der Waals surface area contributed by atoms with E-state index in [4.69, 9.17) is 4.74 Å². The monoisotopic (exact) mass is 253 g/mol. The van der Waals surface area contributed by atoms with Crippen LogP contribution in [0.5, 0.6) is 0 Å². The first kappa shape index (κ1) is 15.2. The lowest BCUT2D eigenvalue weighted by molar-refractivity contribution is -0.139. The molecule has 0 aromatic heterocycles. The van der Waals surface area contributed by atoms with Crippen molar-refractivity contribution in [2.24, 2.45) is 0 Å². The van der Waals surface area contributed by atoms with Crippen molar-refractivity contribution in [3.63, 3.8) is 0 Å². The van der Waals surface area contributed by atoms with Crippen molar-refractivity contribution in [3.8, 4) is 0 Å². The summed E-state index contributed by atoms with van der Waals surface area (Å²) in [6, 6.07) is 0. The molecule has 0 N–H and O–H groups in total. The third-order valence-corrected chi connectivity index (χ3v) is 3.23. The lowest BCUT2D eigenvalue weighted by Crippen LogP contribution is -2.27. The molecule has 1 aliphatic rings. The summed E-state index contributed by atoms with van der Waals surface area (Å²) in [7, 11) is 0. The van der Waals surface area contributed by atoms with Gasteiger partial charge in [-0.15, -0.1) is 0 Å². The second-order valence-corrected chi connectivity index (χ2v) is 4.95. The van der Waals surface area contributed by atoms with Crippen LogP contribution >= 0.6 is 0 Å². The fraction of sp³-hybridized carbons (Fsp3) is 0.800. The van der Waals surface area contributed by atoms with Crippen molar-refractivity contribution in [3.05, 3.63) is 11.6 Å². The molecular weight excluding hydrogens is 226 g/mol. The third kappa shape index (κ3) is 5.67. The highest BCUT2D eigenvalue weighted by Gasteiger charge is 2.14. The zero-order chi connectivity index (χ0) is 13.2. The summed E-state index contributed by atoms with van der Waals surface area (Å²) in [4.78, 5) is 14.1. The molecule has 104 valence electrons. The molecule has 0 spiro atoms. The number of nitrogens with zero attached hydrogens (tertiary/aromatic N) is 1. The molecule has 3 nitrogen and oxygen atoms in total. The third-order valence-electron chi connectivity index (χ3n) is 3.23. The van der Waals surface area contributed by atoms with Gasteiger partial charge in [0.1, 0.15) is 0 Å². The molecule has 0 aliphatic heterocycles. The van der Waals surface area contributed by atoms with Crippen molar-refractivity contribution in [2.45, 2.75) is 52.4 Å². The maximum Gasteiger partial charge on any atom is 0.333 e. The summed E-state index contributed by atoms with van der Waals surface area (Å²) >= 11 is 0. The smallest absolute Gasteiger partial charge is 0.333 e. The van der Waals surface area contributed by atoms with Crippen LogP contribution in [0.3, 0.4) is 0 Å². The van der Waals surface area contributed by atoms with Gasteiger partial charge in [0.05, 0.1) is 6.61 Å². The first-order chi connectivity index (χ1) is 8.77. The van der Waals surface area contributed by atoms with Crippen LogP contribution in [0.15, 0.2) is 11.6 Å². The molecule has 0 atom stereocenters. The molecule has 0 radical (unpaired) electrons. The molecule has 3 heteroatoms. The van der Waals surface area contributed by atoms with Crippen molar-refractivity contribution >= 4 is 5.97 Å². The number of hydrogen-bond donors (Lipinski definition) is 0. The van der Waals surface area contributed by atoms with E-state index in [1.54, 1.807) is 0 Å². The van der Waals surface area contributed by atoms with E-state index < -0.39 is 0 Å². The Labute approximate surface area is 111 Å². The van der Waals surface area contributed by atoms with Gasteiger partial charge in [-0.25, -0.2) is 4.79 Å². The summed E-state index contributed by atoms with van der Waals surface area (Å²) in [5.74, 6) is -0.0926. The van der Waals surface area contributed by atoms with E-state index in [2.05, 4.69) is 18.7 Å². The van der Waals surface area contributed by atoms with Crippen LogP contribution < -0.4 is 0 Å². The Balaban J connectivity index is 2.10. The quantitative estimate of drug-likeness (QED) is 0.467. The Kier molecular flexibility index (Phi) is 7.74. The van der Waals surface area contributed by atoms with Gasteiger partial charge in [-0.2, -0.15) is 0 Å². The first-order valence-corrected chi connectivity index (χ1v) is 7.36. The van der Waals surface area contributed by atoms with E-state index >= 15 is 0 Å². The lowest BCUT2D eigenvalue weighted by Gasteiger charge is -2.20. The van der Waals surface area contributed by atoms with E-state index in [-0.39, 0.29) is 5.97 Å². The molecule has 0 heterocycles. The number of carbonyl (C=O) groups is 1. The van der Waals surface area contributed by atoms with E-state index in [9.17, 15) is 4.79 Å². The number of esters is 1. The van der Waals surface area contributed by atoms with Crippen LogP contribution in [0.2, 0.25) is 0 Å². The number of allylic oxidation sites excluding steroid dienone is 1. The van der Waals surface area contributed by atoms with Crippen LogP contribution in [0.4, 0.5) is 0 Å². The first-order valence-electron chi connectivity index (χ1n) is 7.36. The Hall–Kier alpha value is -0.830. The topological polar surface area (TPSA) is 29.5 Å². The van der Waals surface area contributed by atoms with E-state index in [0.29, 0.717) is 6.61 Å². The summed E-state index contributed by atoms with van der Waals surface area (Å²) in [6.07, 6.45) is 8.37. The molecule has 0 saturated carbocycles. The van der Waals surface area contributed by atoms with E-state index in [1.165, 1.54) is 12.8 Å². The zero-order valence-electron chi connectivity index (χ0n) is 11.9. The van der Waals surface area contributed by atoms with Gasteiger partial charge in [0.2, 0.25) is 0 Å². The Bertz CT molecular complexity index is 268. The van der Waals surface area contributed by atoms with Crippen molar-refractivity contribution < 1.29 is 9.53 Å². The standard InChI is InChI=1S/C15H27NO2/c1-3-10-16(11-4-2)12-7-13-18-15(17)14-8-5-6-9-14/h8H,3-7,9-13H2,1-2H3. The SMILES string of the molecule is CCCN(CCC)CCCOC(=O)C1=CCCC1. The summed E-state index contributed by atoms with van der Waals surface area (Å²) in [5.41, 5.74) is 0.883. The second-order valence-electron chi connectivity index (χ2n) is 4.95. The van der Waals surface area contributed by atoms with Gasteiger partial charge in [0, 0.05) is 12.1 Å². The van der Waals surface area contributed by atoms with Crippen LogP contribution in [0.25, 0.3) is 0 Å². The van der Waals surface area contributed by atoms with E-state index in [0.717, 1.165) is 50.9 Å². The lowest BCUT2D eigenvalue weighted by atomic mass is 10.2. The highest BCUT2D eigenvalue weighted by atomic mass is 16.5. The Morgan fingerprint density at radius 2 is 2.00 bits per heavy atom. The molecular formula is C15H27NO2. The summed E-state index contributed by atoms with van der Waals surface area (Å²) in [6.45, 7) is 8.29.